The molecule has 0 spiro atoms. The molecule has 0 radical (unpaired) electrons. The molecule has 0 aromatic heterocycles. The standard InChI is InChI=1S/C9H16N2O2.C6H9NO2/c1-4-9(13)7-10-5-6-11(3)8(2)12;1-4-6(9)7(3)5(2)8/h4,10H,1,5-7H2,2-3H3;4H,1H2,2-3H3. The first kappa shape index (κ1) is 22.0. The maximum atomic E-state index is 10.7. The van der Waals surface area contributed by atoms with E-state index in [-0.39, 0.29) is 30.0 Å². The molecule has 0 saturated heterocycles. The van der Waals surface area contributed by atoms with Gasteiger partial charge < -0.3 is 10.2 Å². The van der Waals surface area contributed by atoms with Crippen molar-refractivity contribution >= 4 is 23.5 Å². The lowest BCUT2D eigenvalue weighted by atomic mass is 10.4. The smallest absolute Gasteiger partial charge is 0.252 e. The maximum absolute atomic E-state index is 10.7. The Morgan fingerprint density at radius 3 is 1.86 bits per heavy atom. The van der Waals surface area contributed by atoms with E-state index < -0.39 is 0 Å². The molecule has 22 heavy (non-hydrogen) atoms. The zero-order valence-electron chi connectivity index (χ0n) is 13.7. The number of hydrogen-bond donors (Lipinski definition) is 1. The van der Waals surface area contributed by atoms with Crippen LogP contribution in [0.3, 0.4) is 0 Å². The highest BCUT2D eigenvalue weighted by Gasteiger charge is 2.06. The monoisotopic (exact) mass is 311 g/mol. The van der Waals surface area contributed by atoms with E-state index in [0.717, 1.165) is 11.0 Å². The summed E-state index contributed by atoms with van der Waals surface area (Å²) >= 11 is 0. The average molecular weight is 311 g/mol. The molecule has 0 fully saturated rings. The Morgan fingerprint density at radius 1 is 1.00 bits per heavy atom. The van der Waals surface area contributed by atoms with Crippen molar-refractivity contribution in [2.24, 2.45) is 0 Å². The van der Waals surface area contributed by atoms with Crippen molar-refractivity contribution in [3.63, 3.8) is 0 Å². The van der Waals surface area contributed by atoms with Gasteiger partial charge in [-0.25, -0.2) is 0 Å². The molecule has 0 heterocycles. The Labute approximate surface area is 131 Å². The number of nitrogens with zero attached hydrogens (tertiary/aromatic N) is 2. The Hall–Kier alpha value is -2.28. The second-order valence-corrected chi connectivity index (χ2v) is 4.41. The van der Waals surface area contributed by atoms with E-state index in [4.69, 9.17) is 0 Å². The normalized spacial score (nSPS) is 8.91. The lowest BCUT2D eigenvalue weighted by molar-refractivity contribution is -0.138. The van der Waals surface area contributed by atoms with Crippen molar-refractivity contribution in [2.45, 2.75) is 13.8 Å². The van der Waals surface area contributed by atoms with E-state index in [1.165, 1.54) is 27.0 Å². The number of rotatable bonds is 7. The van der Waals surface area contributed by atoms with Gasteiger partial charge in [0.15, 0.2) is 5.78 Å². The maximum Gasteiger partial charge on any atom is 0.252 e. The number of amides is 3. The minimum atomic E-state index is -0.373. The van der Waals surface area contributed by atoms with Crippen LogP contribution >= 0.6 is 0 Å². The molecular weight excluding hydrogens is 286 g/mol. The van der Waals surface area contributed by atoms with Crippen LogP contribution < -0.4 is 5.32 Å². The lowest BCUT2D eigenvalue weighted by Gasteiger charge is -2.14. The van der Waals surface area contributed by atoms with Gasteiger partial charge in [-0.2, -0.15) is 0 Å². The second kappa shape index (κ2) is 12.5. The van der Waals surface area contributed by atoms with Gasteiger partial charge in [0, 0.05) is 41.0 Å². The lowest BCUT2D eigenvalue weighted by Crippen LogP contribution is -2.34. The van der Waals surface area contributed by atoms with Gasteiger partial charge in [-0.15, -0.1) is 0 Å². The van der Waals surface area contributed by atoms with Gasteiger partial charge in [0.1, 0.15) is 0 Å². The topological polar surface area (TPSA) is 86.8 Å². The predicted octanol–water partition coefficient (Wildman–Crippen LogP) is -0.0133. The Balaban J connectivity index is 0. The van der Waals surface area contributed by atoms with Crippen LogP contribution in [-0.4, -0.2) is 67.0 Å². The van der Waals surface area contributed by atoms with Crippen LogP contribution in [0.2, 0.25) is 0 Å². The molecule has 0 aliphatic rings. The Morgan fingerprint density at radius 2 is 1.55 bits per heavy atom. The fourth-order valence-electron chi connectivity index (χ4n) is 0.980. The first-order valence-electron chi connectivity index (χ1n) is 6.65. The van der Waals surface area contributed by atoms with Crippen LogP contribution in [0, 0.1) is 0 Å². The van der Waals surface area contributed by atoms with E-state index in [1.54, 1.807) is 11.9 Å². The summed E-state index contributed by atoms with van der Waals surface area (Å²) in [6, 6.07) is 0. The molecule has 3 amide bonds. The number of imide groups is 1. The van der Waals surface area contributed by atoms with Gasteiger partial charge in [0.2, 0.25) is 11.8 Å². The van der Waals surface area contributed by atoms with Crippen LogP contribution in [-0.2, 0) is 19.2 Å². The van der Waals surface area contributed by atoms with Crippen molar-refractivity contribution in [1.82, 2.24) is 15.1 Å². The van der Waals surface area contributed by atoms with Gasteiger partial charge in [0.25, 0.3) is 5.91 Å². The SMILES string of the molecule is C=CC(=O)CNCCN(C)C(C)=O.C=CC(=O)N(C)C(C)=O. The number of likely N-dealkylation sites (N-methyl/N-ethyl adjacent to an activating group) is 2. The molecule has 7 heteroatoms. The van der Waals surface area contributed by atoms with E-state index in [9.17, 15) is 19.2 Å². The Bertz CT molecular complexity index is 433. The van der Waals surface area contributed by atoms with Crippen molar-refractivity contribution in [3.05, 3.63) is 25.3 Å². The molecule has 0 bridgehead atoms. The summed E-state index contributed by atoms with van der Waals surface area (Å²) in [4.78, 5) is 45.0. The molecule has 0 aromatic carbocycles. The highest BCUT2D eigenvalue weighted by Crippen LogP contribution is 1.84. The van der Waals surface area contributed by atoms with E-state index in [0.29, 0.717) is 13.1 Å². The molecule has 0 saturated carbocycles. The third-order valence-electron chi connectivity index (χ3n) is 2.67. The first-order chi connectivity index (χ1) is 10.2. The van der Waals surface area contributed by atoms with Gasteiger partial charge in [-0.05, 0) is 12.2 Å². The summed E-state index contributed by atoms with van der Waals surface area (Å²) in [7, 11) is 3.13. The molecule has 0 aromatic rings. The number of carbonyl (C=O) groups is 4. The van der Waals surface area contributed by atoms with Crippen LogP contribution in [0.1, 0.15) is 13.8 Å². The fourth-order valence-corrected chi connectivity index (χ4v) is 0.980. The summed E-state index contributed by atoms with van der Waals surface area (Å²) in [6.07, 6.45) is 2.38. The van der Waals surface area contributed by atoms with Gasteiger partial charge in [-0.1, -0.05) is 13.2 Å². The summed E-state index contributed by atoms with van der Waals surface area (Å²) in [6.45, 7) is 10.9. The molecular formula is C15H25N3O4. The third-order valence-corrected chi connectivity index (χ3v) is 2.67. The zero-order chi connectivity index (χ0) is 17.7. The quantitative estimate of drug-likeness (QED) is 0.528. The zero-order valence-corrected chi connectivity index (χ0v) is 13.7. The van der Waals surface area contributed by atoms with Gasteiger partial charge >= 0.3 is 0 Å². The minimum absolute atomic E-state index is 0.0249. The second-order valence-electron chi connectivity index (χ2n) is 4.41. The third kappa shape index (κ3) is 11.5. The van der Waals surface area contributed by atoms with Crippen molar-refractivity contribution < 1.29 is 19.2 Å². The molecule has 7 nitrogen and oxygen atoms in total. The van der Waals surface area contributed by atoms with Crippen molar-refractivity contribution in [2.75, 3.05) is 33.7 Å². The number of ketones is 1. The number of nitrogens with one attached hydrogen (secondary N) is 1. The van der Waals surface area contributed by atoms with Crippen LogP contribution in [0.5, 0.6) is 0 Å². The van der Waals surface area contributed by atoms with E-state index in [2.05, 4.69) is 18.5 Å². The molecule has 0 aliphatic carbocycles. The molecule has 0 unspecified atom stereocenters. The van der Waals surface area contributed by atoms with E-state index >= 15 is 0 Å². The van der Waals surface area contributed by atoms with Crippen LogP contribution in [0.15, 0.2) is 25.3 Å². The fraction of sp³-hybridized carbons (Fsp3) is 0.467. The Kier molecular flexibility index (Phi) is 12.5. The van der Waals surface area contributed by atoms with Gasteiger partial charge in [-0.3, -0.25) is 24.1 Å². The van der Waals surface area contributed by atoms with Crippen LogP contribution in [0.25, 0.3) is 0 Å². The minimum Gasteiger partial charge on any atom is -0.345 e. The molecule has 0 aliphatic heterocycles. The molecule has 0 atom stereocenters. The van der Waals surface area contributed by atoms with Crippen molar-refractivity contribution in [3.8, 4) is 0 Å². The average Bonchev–Trinajstić information content (AvgIpc) is 2.49. The predicted molar refractivity (Wildman–Crippen MR) is 85.0 cm³/mol. The number of carbonyl (C=O) groups excluding carboxylic acids is 4. The number of hydrogen-bond acceptors (Lipinski definition) is 5. The summed E-state index contributed by atoms with van der Waals surface area (Å²) < 4.78 is 0. The van der Waals surface area contributed by atoms with E-state index in [1.807, 2.05) is 0 Å². The van der Waals surface area contributed by atoms with Gasteiger partial charge in [0.05, 0.1) is 6.54 Å². The highest BCUT2D eigenvalue weighted by atomic mass is 16.2. The molecule has 124 valence electrons. The summed E-state index contributed by atoms with van der Waals surface area (Å²) in [5.74, 6) is -0.662. The highest BCUT2D eigenvalue weighted by molar-refractivity contribution is 5.99. The summed E-state index contributed by atoms with van der Waals surface area (Å²) in [5.41, 5.74) is 0. The largest absolute Gasteiger partial charge is 0.345 e. The molecule has 0 rings (SSSR count). The first-order valence-corrected chi connectivity index (χ1v) is 6.65. The van der Waals surface area contributed by atoms with Crippen molar-refractivity contribution in [1.29, 1.82) is 0 Å². The van der Waals surface area contributed by atoms with Crippen LogP contribution in [0.4, 0.5) is 0 Å². The summed E-state index contributed by atoms with van der Waals surface area (Å²) in [5, 5.41) is 2.91. The molecule has 1 N–H and O–H groups in total.